The molecule has 1 aliphatic heterocycles. The van der Waals surface area contributed by atoms with Crippen LogP contribution in [-0.2, 0) is 16.1 Å². The number of nitrogens with one attached hydrogen (secondary N) is 1. The van der Waals surface area contributed by atoms with Crippen molar-refractivity contribution >= 4 is 29.5 Å². The van der Waals surface area contributed by atoms with Crippen molar-refractivity contribution in [3.05, 3.63) is 60.2 Å². The summed E-state index contributed by atoms with van der Waals surface area (Å²) in [6.45, 7) is 7.52. The van der Waals surface area contributed by atoms with Crippen molar-refractivity contribution in [3.63, 3.8) is 0 Å². The summed E-state index contributed by atoms with van der Waals surface area (Å²) < 4.78 is 7.76. The number of aromatic nitrogens is 4. The molecule has 0 spiro atoms. The van der Waals surface area contributed by atoms with Gasteiger partial charge in [0.05, 0.1) is 24.6 Å². The highest BCUT2D eigenvalue weighted by Crippen LogP contribution is 2.36. The molecule has 10 heteroatoms. The topological polar surface area (TPSA) is 124 Å². The van der Waals surface area contributed by atoms with Crippen molar-refractivity contribution in [1.29, 1.82) is 0 Å². The van der Waals surface area contributed by atoms with Crippen LogP contribution in [0.3, 0.4) is 0 Å². The van der Waals surface area contributed by atoms with Gasteiger partial charge in [-0.15, -0.1) is 0 Å². The van der Waals surface area contributed by atoms with Crippen LogP contribution in [0.4, 0.5) is 5.82 Å². The molecule has 1 unspecified atom stereocenters. The van der Waals surface area contributed by atoms with Crippen molar-refractivity contribution in [1.82, 2.24) is 30.0 Å². The third kappa shape index (κ3) is 5.31. The number of hydrogen-bond acceptors (Lipinski definition) is 8. The fourth-order valence-electron chi connectivity index (χ4n) is 5.14. The van der Waals surface area contributed by atoms with E-state index in [2.05, 4.69) is 27.0 Å². The highest BCUT2D eigenvalue weighted by Gasteiger charge is 2.28. The van der Waals surface area contributed by atoms with E-state index in [0.29, 0.717) is 38.1 Å². The number of rotatable bonds is 8. The number of nitrogens with two attached hydrogens (primary N) is 1. The number of hydrogen-bond donors (Lipinski definition) is 2. The minimum absolute atomic E-state index is 0.153. The summed E-state index contributed by atoms with van der Waals surface area (Å²) in [6.07, 6.45) is 11.2. The quantitative estimate of drug-likeness (QED) is 0.348. The molecule has 0 radical (unpaired) electrons. The second-order valence-corrected chi connectivity index (χ2v) is 9.62. The molecule has 5 rings (SSSR count). The van der Waals surface area contributed by atoms with Crippen LogP contribution in [0.2, 0.25) is 0 Å². The Labute approximate surface area is 222 Å². The molecular formula is C28H34N8O2. The molecule has 1 amide bonds. The Hall–Kier alpha value is -4.05. The predicted molar refractivity (Wildman–Crippen MR) is 148 cm³/mol. The van der Waals surface area contributed by atoms with E-state index in [1.807, 2.05) is 59.0 Å². The third-order valence-electron chi connectivity index (χ3n) is 7.17. The molecule has 1 saturated carbocycles. The molecule has 2 fully saturated rings. The Morgan fingerprint density at radius 1 is 1.26 bits per heavy atom. The van der Waals surface area contributed by atoms with Gasteiger partial charge < -0.3 is 20.7 Å². The molecule has 10 nitrogen and oxygen atoms in total. The van der Waals surface area contributed by atoms with E-state index >= 15 is 0 Å². The van der Waals surface area contributed by atoms with Crippen LogP contribution < -0.4 is 11.1 Å². The second kappa shape index (κ2) is 11.6. The van der Waals surface area contributed by atoms with Gasteiger partial charge in [-0.1, -0.05) is 49.3 Å². The second-order valence-electron chi connectivity index (χ2n) is 9.62. The Morgan fingerprint density at radius 3 is 2.79 bits per heavy atom. The minimum Gasteiger partial charge on any atom is -0.383 e. The average Bonchev–Trinajstić information content (AvgIpc) is 3.62. The highest BCUT2D eigenvalue weighted by atomic mass is 16.5. The van der Waals surface area contributed by atoms with Crippen LogP contribution in [0.5, 0.6) is 0 Å². The molecular weight excluding hydrogens is 480 g/mol. The Bertz CT molecular complexity index is 1360. The monoisotopic (exact) mass is 514 g/mol. The zero-order chi connectivity index (χ0) is 26.5. The van der Waals surface area contributed by atoms with Crippen molar-refractivity contribution in [2.75, 3.05) is 25.4 Å². The third-order valence-corrected chi connectivity index (χ3v) is 7.17. The number of amides is 1. The number of morpholine rings is 1. The molecule has 1 atom stereocenters. The van der Waals surface area contributed by atoms with E-state index in [4.69, 9.17) is 15.6 Å². The lowest BCUT2D eigenvalue weighted by molar-refractivity contribution is -0.137. The number of aliphatic imine (C=N–C) groups is 1. The lowest BCUT2D eigenvalue weighted by Crippen LogP contribution is -2.49. The van der Waals surface area contributed by atoms with E-state index < -0.39 is 6.10 Å². The molecule has 3 N–H and O–H groups in total. The standard InChI is InChI=1S/C28H34N8O2/c1-3-4-9-23(30-2)35-14-15-38-22(17-35)28(37)31-16-19-10-12-20(13-11-19)25-24-26(29)32-18-33-27(24)36(34-25)21-7-5-6-8-21/h3-4,9-13,18,21-22H,2,5-8,14-17H2,1H3,(H,31,37)(H2,29,32,33)/b4-3-,23-9+. The predicted octanol–water partition coefficient (Wildman–Crippen LogP) is 3.63. The number of nitrogens with zero attached hydrogens (tertiary/aromatic N) is 6. The largest absolute Gasteiger partial charge is 0.383 e. The molecule has 1 aliphatic carbocycles. The molecule has 198 valence electrons. The first kappa shape index (κ1) is 25.6. The van der Waals surface area contributed by atoms with Crippen molar-refractivity contribution in [3.8, 4) is 11.3 Å². The minimum atomic E-state index is -0.576. The Kier molecular flexibility index (Phi) is 7.78. The normalized spacial score (nSPS) is 18.9. The van der Waals surface area contributed by atoms with E-state index in [1.165, 1.54) is 19.2 Å². The molecule has 3 aromatic rings. The maximum Gasteiger partial charge on any atom is 0.251 e. The van der Waals surface area contributed by atoms with E-state index in [-0.39, 0.29) is 5.91 Å². The molecule has 38 heavy (non-hydrogen) atoms. The van der Waals surface area contributed by atoms with Gasteiger partial charge in [-0.25, -0.2) is 19.6 Å². The number of ether oxygens (including phenoxy) is 1. The maximum absolute atomic E-state index is 12.9. The first-order valence-electron chi connectivity index (χ1n) is 13.1. The molecule has 2 aromatic heterocycles. The summed E-state index contributed by atoms with van der Waals surface area (Å²) in [5.41, 5.74) is 9.75. The number of fused-ring (bicyclic) bond motifs is 1. The van der Waals surface area contributed by atoms with Crippen molar-refractivity contribution in [2.45, 2.75) is 51.3 Å². The van der Waals surface area contributed by atoms with Crippen molar-refractivity contribution in [2.24, 2.45) is 4.99 Å². The fourth-order valence-corrected chi connectivity index (χ4v) is 5.14. The number of carbonyl (C=O) groups excluding carboxylic acids is 1. The summed E-state index contributed by atoms with van der Waals surface area (Å²) in [5.74, 6) is 1.01. The number of carbonyl (C=O) groups is 1. The molecule has 0 bridgehead atoms. The van der Waals surface area contributed by atoms with Gasteiger partial charge in [-0.2, -0.15) is 5.10 Å². The van der Waals surface area contributed by atoms with E-state index in [0.717, 1.165) is 46.5 Å². The molecule has 1 aromatic carbocycles. The van der Waals surface area contributed by atoms with Crippen LogP contribution in [-0.4, -0.2) is 63.1 Å². The maximum atomic E-state index is 12.9. The average molecular weight is 515 g/mol. The number of allylic oxidation sites excluding steroid dienone is 3. The van der Waals surface area contributed by atoms with Crippen LogP contribution in [0.15, 0.2) is 59.6 Å². The number of anilines is 1. The molecule has 1 saturated heterocycles. The zero-order valence-electron chi connectivity index (χ0n) is 21.7. The highest BCUT2D eigenvalue weighted by molar-refractivity contribution is 5.98. The lowest BCUT2D eigenvalue weighted by Gasteiger charge is -2.33. The summed E-state index contributed by atoms with van der Waals surface area (Å²) in [7, 11) is 0. The summed E-state index contributed by atoms with van der Waals surface area (Å²) >= 11 is 0. The number of nitrogen functional groups attached to an aromatic ring is 1. The van der Waals surface area contributed by atoms with Gasteiger partial charge in [0.15, 0.2) is 11.8 Å². The fraction of sp³-hybridized carbons (Fsp3) is 0.393. The van der Waals surface area contributed by atoms with Gasteiger partial charge in [0.25, 0.3) is 5.91 Å². The molecule has 2 aliphatic rings. The Balaban J connectivity index is 1.26. The summed E-state index contributed by atoms with van der Waals surface area (Å²) in [6, 6.07) is 8.32. The van der Waals surface area contributed by atoms with E-state index in [9.17, 15) is 4.79 Å². The summed E-state index contributed by atoms with van der Waals surface area (Å²) in [5, 5.41) is 8.72. The van der Waals surface area contributed by atoms with Crippen molar-refractivity contribution < 1.29 is 9.53 Å². The van der Waals surface area contributed by atoms with Crippen LogP contribution >= 0.6 is 0 Å². The van der Waals surface area contributed by atoms with Crippen LogP contribution in [0.1, 0.15) is 44.2 Å². The smallest absolute Gasteiger partial charge is 0.251 e. The van der Waals surface area contributed by atoms with E-state index in [1.54, 1.807) is 0 Å². The van der Waals surface area contributed by atoms with Gasteiger partial charge in [-0.05, 0) is 38.1 Å². The van der Waals surface area contributed by atoms with Gasteiger partial charge in [-0.3, -0.25) is 4.79 Å². The Morgan fingerprint density at radius 2 is 2.05 bits per heavy atom. The van der Waals surface area contributed by atoms with Gasteiger partial charge >= 0.3 is 0 Å². The zero-order valence-corrected chi connectivity index (χ0v) is 21.7. The first-order chi connectivity index (χ1) is 18.6. The lowest BCUT2D eigenvalue weighted by atomic mass is 10.1. The van der Waals surface area contributed by atoms with Gasteiger partial charge in [0.2, 0.25) is 0 Å². The van der Waals surface area contributed by atoms with Gasteiger partial charge in [0, 0.05) is 18.7 Å². The van der Waals surface area contributed by atoms with Gasteiger partial charge in [0.1, 0.15) is 23.7 Å². The SMILES string of the molecule is C=N/C(=C\C=C/C)N1CCOC(C(=O)NCc2ccc(-c3nn(C4CCCC4)c4ncnc(N)c34)cc2)C1. The van der Waals surface area contributed by atoms with Crippen LogP contribution in [0.25, 0.3) is 22.3 Å². The first-order valence-corrected chi connectivity index (χ1v) is 13.1. The number of benzene rings is 1. The molecule has 3 heterocycles. The van der Waals surface area contributed by atoms with Crippen LogP contribution in [0, 0.1) is 0 Å². The summed E-state index contributed by atoms with van der Waals surface area (Å²) in [4.78, 5) is 27.7.